The van der Waals surface area contributed by atoms with Gasteiger partial charge in [0.1, 0.15) is 0 Å². The van der Waals surface area contributed by atoms with Crippen LogP contribution in [-0.4, -0.2) is 17.7 Å². The summed E-state index contributed by atoms with van der Waals surface area (Å²) in [5.41, 5.74) is 2.62. The predicted molar refractivity (Wildman–Crippen MR) is 77.0 cm³/mol. The number of hydrogen-bond donors (Lipinski definition) is 1. The van der Waals surface area contributed by atoms with Gasteiger partial charge in [-0.1, -0.05) is 19.9 Å². The molecule has 0 spiro atoms. The zero-order valence-electron chi connectivity index (χ0n) is 11.9. The minimum Gasteiger partial charge on any atom is -0.389 e. The maximum absolute atomic E-state index is 9.94. The lowest BCUT2D eigenvalue weighted by Crippen LogP contribution is -2.34. The second-order valence-electron chi connectivity index (χ2n) is 5.71. The Balaban J connectivity index is 2.44. The third-order valence-corrected chi connectivity index (χ3v) is 3.99. The largest absolute Gasteiger partial charge is 0.389 e. The number of aliphatic hydroxyl groups excluding tert-OH is 1. The van der Waals surface area contributed by atoms with Gasteiger partial charge in [0, 0.05) is 23.8 Å². The number of benzene rings is 1. The Hall–Kier alpha value is -1.53. The standard InChI is InChI=1S/C16H22N2O/c1-11(2)15-5-4-8-18(15)16-9-13(10-17)6-7-14(16)12(3)19/h6-7,9,11-12,15,19H,4-5,8H2,1-3H3. The molecule has 1 aliphatic heterocycles. The minimum atomic E-state index is -0.504. The number of rotatable bonds is 3. The Bertz CT molecular complexity index is 488. The summed E-state index contributed by atoms with van der Waals surface area (Å²) < 4.78 is 0. The molecule has 0 saturated carbocycles. The Labute approximate surface area is 115 Å². The van der Waals surface area contributed by atoms with Gasteiger partial charge in [0.25, 0.3) is 0 Å². The summed E-state index contributed by atoms with van der Waals surface area (Å²) in [4.78, 5) is 2.37. The van der Waals surface area contributed by atoms with Crippen LogP contribution in [0.1, 0.15) is 50.8 Å². The molecule has 0 aliphatic carbocycles. The van der Waals surface area contributed by atoms with E-state index in [9.17, 15) is 5.11 Å². The second-order valence-corrected chi connectivity index (χ2v) is 5.71. The van der Waals surface area contributed by atoms with Crippen LogP contribution in [0, 0.1) is 17.2 Å². The van der Waals surface area contributed by atoms with E-state index in [-0.39, 0.29) is 0 Å². The highest BCUT2D eigenvalue weighted by molar-refractivity contribution is 5.59. The third-order valence-electron chi connectivity index (χ3n) is 3.99. The summed E-state index contributed by atoms with van der Waals surface area (Å²) in [6.07, 6.45) is 1.86. The van der Waals surface area contributed by atoms with Crippen molar-refractivity contribution in [2.45, 2.75) is 45.8 Å². The molecule has 1 aromatic carbocycles. The molecule has 1 aromatic rings. The molecule has 0 aromatic heterocycles. The third kappa shape index (κ3) is 2.74. The monoisotopic (exact) mass is 258 g/mol. The fourth-order valence-corrected chi connectivity index (χ4v) is 3.00. The van der Waals surface area contributed by atoms with Gasteiger partial charge in [-0.3, -0.25) is 0 Å². The van der Waals surface area contributed by atoms with E-state index in [0.29, 0.717) is 17.5 Å². The highest BCUT2D eigenvalue weighted by Gasteiger charge is 2.29. The van der Waals surface area contributed by atoms with Crippen molar-refractivity contribution in [3.05, 3.63) is 29.3 Å². The lowest BCUT2D eigenvalue weighted by Gasteiger charge is -2.32. The highest BCUT2D eigenvalue weighted by atomic mass is 16.3. The molecule has 2 atom stereocenters. The number of hydrogen-bond acceptors (Lipinski definition) is 3. The van der Waals surface area contributed by atoms with E-state index in [1.54, 1.807) is 13.0 Å². The molecular formula is C16H22N2O. The SMILES string of the molecule is CC(O)c1ccc(C#N)cc1N1CCCC1C(C)C. The number of nitrogens with zero attached hydrogens (tertiary/aromatic N) is 2. The molecule has 3 nitrogen and oxygen atoms in total. The van der Waals surface area contributed by atoms with E-state index in [1.807, 2.05) is 12.1 Å². The number of nitriles is 1. The summed E-state index contributed by atoms with van der Waals surface area (Å²) >= 11 is 0. The van der Waals surface area contributed by atoms with Gasteiger partial charge in [0.15, 0.2) is 0 Å². The second kappa shape index (κ2) is 5.63. The topological polar surface area (TPSA) is 47.3 Å². The molecule has 102 valence electrons. The Morgan fingerprint density at radius 2 is 2.11 bits per heavy atom. The summed E-state index contributed by atoms with van der Waals surface area (Å²) in [6, 6.07) is 8.29. The summed E-state index contributed by atoms with van der Waals surface area (Å²) in [6.45, 7) is 7.27. The fraction of sp³-hybridized carbons (Fsp3) is 0.562. The minimum absolute atomic E-state index is 0.504. The van der Waals surface area contributed by atoms with Crippen molar-refractivity contribution >= 4 is 5.69 Å². The van der Waals surface area contributed by atoms with Crippen molar-refractivity contribution in [3.8, 4) is 6.07 Å². The highest BCUT2D eigenvalue weighted by Crippen LogP contribution is 2.35. The van der Waals surface area contributed by atoms with Gasteiger partial charge in [-0.05, 0) is 37.8 Å². The van der Waals surface area contributed by atoms with Crippen LogP contribution in [0.25, 0.3) is 0 Å². The molecule has 1 saturated heterocycles. The molecule has 0 radical (unpaired) electrons. The van der Waals surface area contributed by atoms with Gasteiger partial charge in [0.05, 0.1) is 17.7 Å². The van der Waals surface area contributed by atoms with E-state index >= 15 is 0 Å². The van der Waals surface area contributed by atoms with E-state index in [0.717, 1.165) is 17.8 Å². The molecule has 2 unspecified atom stereocenters. The Morgan fingerprint density at radius 3 is 2.68 bits per heavy atom. The first-order valence-electron chi connectivity index (χ1n) is 7.03. The van der Waals surface area contributed by atoms with Crippen LogP contribution < -0.4 is 4.90 Å². The average molecular weight is 258 g/mol. The van der Waals surface area contributed by atoms with Gasteiger partial charge in [-0.15, -0.1) is 0 Å². The quantitative estimate of drug-likeness (QED) is 0.905. The van der Waals surface area contributed by atoms with Crippen LogP contribution in [0.5, 0.6) is 0 Å². The molecule has 3 heteroatoms. The summed E-state index contributed by atoms with van der Waals surface area (Å²) in [7, 11) is 0. The fourth-order valence-electron chi connectivity index (χ4n) is 3.00. The molecule has 1 aliphatic rings. The molecule has 2 rings (SSSR count). The first-order chi connectivity index (χ1) is 9.04. The van der Waals surface area contributed by atoms with Crippen molar-refractivity contribution < 1.29 is 5.11 Å². The normalized spacial score (nSPS) is 20.6. The van der Waals surface area contributed by atoms with Crippen molar-refractivity contribution in [1.82, 2.24) is 0 Å². The maximum Gasteiger partial charge on any atom is 0.0992 e. The average Bonchev–Trinajstić information content (AvgIpc) is 2.87. The molecule has 1 fully saturated rings. The zero-order valence-corrected chi connectivity index (χ0v) is 11.9. The molecule has 1 N–H and O–H groups in total. The lowest BCUT2D eigenvalue weighted by molar-refractivity contribution is 0.199. The van der Waals surface area contributed by atoms with E-state index in [4.69, 9.17) is 5.26 Å². The zero-order chi connectivity index (χ0) is 14.0. The summed E-state index contributed by atoms with van der Waals surface area (Å²) in [5.74, 6) is 0.579. The van der Waals surface area contributed by atoms with Crippen LogP contribution >= 0.6 is 0 Å². The van der Waals surface area contributed by atoms with Gasteiger partial charge in [-0.25, -0.2) is 0 Å². The van der Waals surface area contributed by atoms with E-state index in [2.05, 4.69) is 24.8 Å². The lowest BCUT2D eigenvalue weighted by atomic mass is 9.99. The Kier molecular flexibility index (Phi) is 4.11. The van der Waals surface area contributed by atoms with Crippen LogP contribution in [0.15, 0.2) is 18.2 Å². The first kappa shape index (κ1) is 13.9. The van der Waals surface area contributed by atoms with Crippen LogP contribution in [0.4, 0.5) is 5.69 Å². The van der Waals surface area contributed by atoms with Crippen LogP contribution in [0.2, 0.25) is 0 Å². The van der Waals surface area contributed by atoms with Gasteiger partial charge in [-0.2, -0.15) is 5.26 Å². The van der Waals surface area contributed by atoms with Crippen molar-refractivity contribution in [2.24, 2.45) is 5.92 Å². The summed E-state index contributed by atoms with van der Waals surface area (Å²) in [5, 5.41) is 19.0. The van der Waals surface area contributed by atoms with Crippen LogP contribution in [-0.2, 0) is 0 Å². The maximum atomic E-state index is 9.94. The molecular weight excluding hydrogens is 236 g/mol. The first-order valence-corrected chi connectivity index (χ1v) is 7.03. The molecule has 19 heavy (non-hydrogen) atoms. The van der Waals surface area contributed by atoms with Gasteiger partial charge in [0.2, 0.25) is 0 Å². The predicted octanol–water partition coefficient (Wildman–Crippen LogP) is 3.24. The smallest absolute Gasteiger partial charge is 0.0992 e. The molecule has 0 amide bonds. The number of aliphatic hydroxyl groups is 1. The van der Waals surface area contributed by atoms with E-state index in [1.165, 1.54) is 12.8 Å². The van der Waals surface area contributed by atoms with Crippen molar-refractivity contribution in [3.63, 3.8) is 0 Å². The number of anilines is 1. The van der Waals surface area contributed by atoms with Crippen LogP contribution in [0.3, 0.4) is 0 Å². The van der Waals surface area contributed by atoms with E-state index < -0.39 is 6.10 Å². The molecule has 1 heterocycles. The van der Waals surface area contributed by atoms with Gasteiger partial charge < -0.3 is 10.0 Å². The molecule has 0 bridgehead atoms. The Morgan fingerprint density at radius 1 is 1.37 bits per heavy atom. The van der Waals surface area contributed by atoms with Gasteiger partial charge >= 0.3 is 0 Å². The van der Waals surface area contributed by atoms with Crippen molar-refractivity contribution in [2.75, 3.05) is 11.4 Å². The van der Waals surface area contributed by atoms with Crippen molar-refractivity contribution in [1.29, 1.82) is 5.26 Å².